The molecule has 0 bridgehead atoms. The molecule has 0 atom stereocenters. The van der Waals surface area contributed by atoms with E-state index in [2.05, 4.69) is 15.0 Å². The Labute approximate surface area is 163 Å². The highest BCUT2D eigenvalue weighted by molar-refractivity contribution is 5.74. The first kappa shape index (κ1) is 18.7. The molecule has 1 aromatic carbocycles. The first-order valence-electron chi connectivity index (χ1n) is 9.54. The van der Waals surface area contributed by atoms with E-state index >= 15 is 0 Å². The quantitative estimate of drug-likeness (QED) is 0.782. The topological polar surface area (TPSA) is 84.2 Å². The number of benzene rings is 1. The van der Waals surface area contributed by atoms with Crippen molar-refractivity contribution in [3.05, 3.63) is 30.2 Å². The van der Waals surface area contributed by atoms with Crippen LogP contribution in [0, 0.1) is 0 Å². The molecule has 2 aliphatic heterocycles. The van der Waals surface area contributed by atoms with E-state index in [0.29, 0.717) is 57.7 Å². The second-order valence-corrected chi connectivity index (χ2v) is 6.89. The maximum absolute atomic E-state index is 12.6. The van der Waals surface area contributed by atoms with Crippen LogP contribution in [-0.4, -0.2) is 90.5 Å². The monoisotopic (exact) mass is 387 g/mol. The number of carbonyl (C=O) groups excluding carboxylic acids is 1. The first-order valence-corrected chi connectivity index (χ1v) is 9.54. The van der Waals surface area contributed by atoms with Crippen molar-refractivity contribution < 1.29 is 18.8 Å². The molecule has 2 aliphatic rings. The molecule has 0 radical (unpaired) electrons. The molecule has 9 heteroatoms. The Hall–Kier alpha value is -2.65. The summed E-state index contributed by atoms with van der Waals surface area (Å²) in [5.74, 6) is 1.94. The number of urea groups is 1. The first-order chi connectivity index (χ1) is 13.7. The standard InChI is InChI=1S/C19H25N5O4/c1-26-16-4-2-15(3-5-16)18-20-17(28-21-18)14-22-6-8-23(9-7-22)19(25)24-10-12-27-13-11-24/h2-5H,6-14H2,1H3. The van der Waals surface area contributed by atoms with Gasteiger partial charge in [0.1, 0.15) is 5.75 Å². The highest BCUT2D eigenvalue weighted by atomic mass is 16.5. The van der Waals surface area contributed by atoms with E-state index in [9.17, 15) is 4.79 Å². The summed E-state index contributed by atoms with van der Waals surface area (Å²) in [5, 5.41) is 4.08. The molecule has 4 rings (SSSR count). The summed E-state index contributed by atoms with van der Waals surface area (Å²) in [5.41, 5.74) is 0.886. The van der Waals surface area contributed by atoms with Gasteiger partial charge in [0.2, 0.25) is 11.7 Å². The molecule has 0 spiro atoms. The lowest BCUT2D eigenvalue weighted by molar-refractivity contribution is 0.0367. The van der Waals surface area contributed by atoms with Crippen LogP contribution in [0.5, 0.6) is 5.75 Å². The van der Waals surface area contributed by atoms with E-state index < -0.39 is 0 Å². The summed E-state index contributed by atoms with van der Waals surface area (Å²) in [6.07, 6.45) is 0. The average molecular weight is 387 g/mol. The molecule has 0 aliphatic carbocycles. The van der Waals surface area contributed by atoms with Gasteiger partial charge < -0.3 is 23.8 Å². The number of piperazine rings is 1. The molecule has 2 aromatic rings. The fourth-order valence-corrected chi connectivity index (χ4v) is 3.42. The van der Waals surface area contributed by atoms with Crippen molar-refractivity contribution >= 4 is 6.03 Å². The second-order valence-electron chi connectivity index (χ2n) is 6.89. The molecule has 0 saturated carbocycles. The van der Waals surface area contributed by atoms with Gasteiger partial charge >= 0.3 is 6.03 Å². The third-order valence-electron chi connectivity index (χ3n) is 5.10. The maximum atomic E-state index is 12.6. The van der Waals surface area contributed by atoms with E-state index in [1.807, 2.05) is 34.1 Å². The maximum Gasteiger partial charge on any atom is 0.320 e. The van der Waals surface area contributed by atoms with E-state index in [0.717, 1.165) is 24.4 Å². The fourth-order valence-electron chi connectivity index (χ4n) is 3.42. The summed E-state index contributed by atoms with van der Waals surface area (Å²) in [4.78, 5) is 23.1. The predicted octanol–water partition coefficient (Wildman–Crippen LogP) is 1.31. The highest BCUT2D eigenvalue weighted by Crippen LogP contribution is 2.20. The van der Waals surface area contributed by atoms with Crippen molar-refractivity contribution in [2.45, 2.75) is 6.54 Å². The van der Waals surface area contributed by atoms with Gasteiger partial charge in [-0.3, -0.25) is 4.90 Å². The lowest BCUT2D eigenvalue weighted by Gasteiger charge is -2.38. The number of nitrogens with zero attached hydrogens (tertiary/aromatic N) is 5. The van der Waals surface area contributed by atoms with Gasteiger partial charge in [0.15, 0.2) is 0 Å². The van der Waals surface area contributed by atoms with Crippen LogP contribution in [0.1, 0.15) is 5.89 Å². The molecule has 0 unspecified atom stereocenters. The minimum absolute atomic E-state index is 0.113. The number of aromatic nitrogens is 2. The van der Waals surface area contributed by atoms with Gasteiger partial charge in [-0.1, -0.05) is 5.16 Å². The summed E-state index contributed by atoms with van der Waals surface area (Å²) in [7, 11) is 1.63. The number of rotatable bonds is 4. The summed E-state index contributed by atoms with van der Waals surface area (Å²) < 4.78 is 15.9. The summed E-state index contributed by atoms with van der Waals surface area (Å²) in [6, 6.07) is 7.67. The number of amides is 2. The van der Waals surface area contributed by atoms with Crippen molar-refractivity contribution in [1.29, 1.82) is 0 Å². The average Bonchev–Trinajstić information content (AvgIpc) is 3.23. The van der Waals surface area contributed by atoms with Crippen molar-refractivity contribution in [2.24, 2.45) is 0 Å². The van der Waals surface area contributed by atoms with Crippen LogP contribution >= 0.6 is 0 Å². The Morgan fingerprint density at radius 2 is 1.71 bits per heavy atom. The molecule has 9 nitrogen and oxygen atoms in total. The zero-order chi connectivity index (χ0) is 19.3. The molecule has 2 amide bonds. The third-order valence-corrected chi connectivity index (χ3v) is 5.10. The number of carbonyl (C=O) groups is 1. The number of hydrogen-bond acceptors (Lipinski definition) is 7. The summed E-state index contributed by atoms with van der Waals surface area (Å²) in [6.45, 7) is 6.17. The smallest absolute Gasteiger partial charge is 0.320 e. The molecule has 2 saturated heterocycles. The number of hydrogen-bond donors (Lipinski definition) is 0. The van der Waals surface area contributed by atoms with Gasteiger partial charge in [-0.05, 0) is 24.3 Å². The van der Waals surface area contributed by atoms with Crippen LogP contribution in [0.4, 0.5) is 4.79 Å². The zero-order valence-electron chi connectivity index (χ0n) is 16.0. The van der Waals surface area contributed by atoms with Crippen LogP contribution in [0.15, 0.2) is 28.8 Å². The van der Waals surface area contributed by atoms with Crippen LogP contribution < -0.4 is 4.74 Å². The van der Waals surface area contributed by atoms with Gasteiger partial charge in [0.05, 0.1) is 26.9 Å². The van der Waals surface area contributed by atoms with Crippen molar-refractivity contribution in [1.82, 2.24) is 24.8 Å². The van der Waals surface area contributed by atoms with Crippen LogP contribution in [0.25, 0.3) is 11.4 Å². The molecular weight excluding hydrogens is 362 g/mol. The minimum atomic E-state index is 0.113. The van der Waals surface area contributed by atoms with Crippen molar-refractivity contribution in [3.63, 3.8) is 0 Å². The van der Waals surface area contributed by atoms with Crippen molar-refractivity contribution in [2.75, 3.05) is 59.6 Å². The minimum Gasteiger partial charge on any atom is -0.497 e. The van der Waals surface area contributed by atoms with Gasteiger partial charge in [-0.15, -0.1) is 0 Å². The van der Waals surface area contributed by atoms with Gasteiger partial charge in [0, 0.05) is 44.8 Å². The summed E-state index contributed by atoms with van der Waals surface area (Å²) >= 11 is 0. The van der Waals surface area contributed by atoms with Crippen LogP contribution in [0.3, 0.4) is 0 Å². The van der Waals surface area contributed by atoms with E-state index in [1.54, 1.807) is 7.11 Å². The Balaban J connectivity index is 1.29. The number of methoxy groups -OCH3 is 1. The molecular formula is C19H25N5O4. The fraction of sp³-hybridized carbons (Fsp3) is 0.526. The lowest BCUT2D eigenvalue weighted by Crippen LogP contribution is -2.54. The Morgan fingerprint density at radius 3 is 2.39 bits per heavy atom. The molecule has 2 fully saturated rings. The van der Waals surface area contributed by atoms with E-state index in [1.165, 1.54) is 0 Å². The van der Waals surface area contributed by atoms with Gasteiger partial charge in [-0.2, -0.15) is 4.98 Å². The lowest BCUT2D eigenvalue weighted by atomic mass is 10.2. The Kier molecular flexibility index (Phi) is 5.73. The van der Waals surface area contributed by atoms with Gasteiger partial charge in [-0.25, -0.2) is 4.79 Å². The molecule has 28 heavy (non-hydrogen) atoms. The highest BCUT2D eigenvalue weighted by Gasteiger charge is 2.27. The Bertz CT molecular complexity index is 780. The Morgan fingerprint density at radius 1 is 1.04 bits per heavy atom. The van der Waals surface area contributed by atoms with Gasteiger partial charge in [0.25, 0.3) is 0 Å². The van der Waals surface area contributed by atoms with E-state index in [4.69, 9.17) is 14.0 Å². The molecule has 1 aromatic heterocycles. The SMILES string of the molecule is COc1ccc(-c2noc(CN3CCN(C(=O)N4CCOCC4)CC3)n2)cc1. The van der Waals surface area contributed by atoms with E-state index in [-0.39, 0.29) is 6.03 Å². The van der Waals surface area contributed by atoms with Crippen LogP contribution in [-0.2, 0) is 11.3 Å². The predicted molar refractivity (Wildman–Crippen MR) is 101 cm³/mol. The zero-order valence-corrected chi connectivity index (χ0v) is 16.0. The van der Waals surface area contributed by atoms with Crippen LogP contribution in [0.2, 0.25) is 0 Å². The second kappa shape index (κ2) is 8.57. The largest absolute Gasteiger partial charge is 0.497 e. The third kappa shape index (κ3) is 4.26. The normalized spacial score (nSPS) is 18.3. The molecule has 3 heterocycles. The molecule has 150 valence electrons. The molecule has 0 N–H and O–H groups in total. The number of ether oxygens (including phenoxy) is 2. The number of morpholine rings is 1. The van der Waals surface area contributed by atoms with Crippen molar-refractivity contribution in [3.8, 4) is 17.1 Å².